The van der Waals surface area contributed by atoms with Crippen LogP contribution in [0.4, 0.5) is 10.5 Å². The number of carbonyl (C=O) groups excluding carboxylic acids is 3. The van der Waals surface area contributed by atoms with Gasteiger partial charge in [0.15, 0.2) is 0 Å². The molecule has 1 saturated carbocycles. The molecule has 4 amide bonds. The molecular formula is C23H29N5O5. The summed E-state index contributed by atoms with van der Waals surface area (Å²) in [4.78, 5) is 49.1. The SMILES string of the molecule is O=C1NC(=O)C(=Cc2cc(CN3CCCC(C(=O)NC4CCCCC4)C3)ccc2[N+](=O)[O-])N1. The summed E-state index contributed by atoms with van der Waals surface area (Å²) in [6, 6.07) is 4.40. The zero-order valence-corrected chi connectivity index (χ0v) is 18.5. The zero-order valence-electron chi connectivity index (χ0n) is 18.5. The summed E-state index contributed by atoms with van der Waals surface area (Å²) in [7, 11) is 0. The Hall–Kier alpha value is -3.27. The summed E-state index contributed by atoms with van der Waals surface area (Å²) < 4.78 is 0. The summed E-state index contributed by atoms with van der Waals surface area (Å²) in [5, 5.41) is 19.1. The number of piperidine rings is 1. The number of hydrogen-bond donors (Lipinski definition) is 3. The van der Waals surface area contributed by atoms with Crippen LogP contribution in [0.2, 0.25) is 0 Å². The molecule has 1 aromatic carbocycles. The van der Waals surface area contributed by atoms with Gasteiger partial charge in [-0.1, -0.05) is 25.3 Å². The first-order valence-corrected chi connectivity index (χ1v) is 11.5. The second-order valence-electron chi connectivity index (χ2n) is 9.03. The average Bonchev–Trinajstić information content (AvgIpc) is 3.11. The molecule has 0 radical (unpaired) electrons. The van der Waals surface area contributed by atoms with Crippen LogP contribution in [0.25, 0.3) is 6.08 Å². The number of imide groups is 1. The van der Waals surface area contributed by atoms with Crippen molar-refractivity contribution in [3.63, 3.8) is 0 Å². The molecule has 1 aliphatic carbocycles. The Morgan fingerprint density at radius 2 is 1.94 bits per heavy atom. The van der Waals surface area contributed by atoms with Crippen molar-refractivity contribution in [1.29, 1.82) is 0 Å². The quantitative estimate of drug-likeness (QED) is 0.261. The van der Waals surface area contributed by atoms with Gasteiger partial charge in [0.05, 0.1) is 16.4 Å². The Morgan fingerprint density at radius 1 is 1.15 bits per heavy atom. The van der Waals surface area contributed by atoms with E-state index in [9.17, 15) is 24.5 Å². The molecule has 33 heavy (non-hydrogen) atoms. The lowest BCUT2D eigenvalue weighted by atomic mass is 9.93. The van der Waals surface area contributed by atoms with Crippen molar-refractivity contribution in [2.24, 2.45) is 5.92 Å². The fourth-order valence-corrected chi connectivity index (χ4v) is 4.86. The van der Waals surface area contributed by atoms with Gasteiger partial charge < -0.3 is 10.6 Å². The van der Waals surface area contributed by atoms with Gasteiger partial charge in [0.25, 0.3) is 11.6 Å². The number of hydrogen-bond acceptors (Lipinski definition) is 6. The molecule has 176 valence electrons. The van der Waals surface area contributed by atoms with Crippen molar-refractivity contribution >= 4 is 29.6 Å². The number of carbonyl (C=O) groups is 3. The molecule has 0 bridgehead atoms. The van der Waals surface area contributed by atoms with Gasteiger partial charge in [-0.2, -0.15) is 0 Å². The van der Waals surface area contributed by atoms with Crippen LogP contribution in [-0.2, 0) is 16.1 Å². The van der Waals surface area contributed by atoms with E-state index in [4.69, 9.17) is 0 Å². The fourth-order valence-electron chi connectivity index (χ4n) is 4.86. The van der Waals surface area contributed by atoms with Crippen LogP contribution in [0.15, 0.2) is 23.9 Å². The molecule has 10 heteroatoms. The molecule has 1 unspecified atom stereocenters. The van der Waals surface area contributed by atoms with Gasteiger partial charge in [0.2, 0.25) is 5.91 Å². The molecule has 2 aliphatic heterocycles. The molecule has 3 aliphatic rings. The smallest absolute Gasteiger partial charge is 0.326 e. The van der Waals surface area contributed by atoms with E-state index in [1.54, 1.807) is 12.1 Å². The molecule has 2 heterocycles. The molecule has 4 rings (SSSR count). The van der Waals surface area contributed by atoms with Crippen molar-refractivity contribution in [3.05, 3.63) is 45.1 Å². The Kier molecular flexibility index (Phi) is 7.02. The molecule has 2 saturated heterocycles. The highest BCUT2D eigenvalue weighted by atomic mass is 16.6. The maximum absolute atomic E-state index is 12.8. The van der Waals surface area contributed by atoms with Crippen LogP contribution in [0.1, 0.15) is 56.1 Å². The van der Waals surface area contributed by atoms with Gasteiger partial charge >= 0.3 is 6.03 Å². The lowest BCUT2D eigenvalue weighted by molar-refractivity contribution is -0.385. The number of urea groups is 1. The van der Waals surface area contributed by atoms with Crippen molar-refractivity contribution < 1.29 is 19.3 Å². The summed E-state index contributed by atoms with van der Waals surface area (Å²) in [5.74, 6) is -0.552. The molecule has 0 spiro atoms. The maximum Gasteiger partial charge on any atom is 0.326 e. The Bertz CT molecular complexity index is 985. The van der Waals surface area contributed by atoms with Gasteiger partial charge in [-0.25, -0.2) is 4.79 Å². The monoisotopic (exact) mass is 455 g/mol. The molecule has 10 nitrogen and oxygen atoms in total. The van der Waals surface area contributed by atoms with E-state index in [0.29, 0.717) is 19.1 Å². The lowest BCUT2D eigenvalue weighted by Crippen LogP contribution is -2.46. The van der Waals surface area contributed by atoms with Gasteiger partial charge in [-0.05, 0) is 49.9 Å². The number of nitrogens with zero attached hydrogens (tertiary/aromatic N) is 2. The molecule has 0 aromatic heterocycles. The van der Waals surface area contributed by atoms with Crippen molar-refractivity contribution in [1.82, 2.24) is 20.9 Å². The number of nitrogens with one attached hydrogen (secondary N) is 3. The first-order chi connectivity index (χ1) is 15.9. The van der Waals surface area contributed by atoms with Crippen LogP contribution in [-0.4, -0.2) is 46.8 Å². The predicted molar refractivity (Wildman–Crippen MR) is 121 cm³/mol. The molecule has 1 atom stereocenters. The molecule has 3 fully saturated rings. The third-order valence-corrected chi connectivity index (χ3v) is 6.54. The largest absolute Gasteiger partial charge is 0.353 e. The van der Waals surface area contributed by atoms with Crippen LogP contribution in [0, 0.1) is 16.0 Å². The highest BCUT2D eigenvalue weighted by Crippen LogP contribution is 2.26. The normalized spacial score (nSPS) is 23.3. The van der Waals surface area contributed by atoms with E-state index < -0.39 is 16.9 Å². The summed E-state index contributed by atoms with van der Waals surface area (Å²) in [5.41, 5.74) is 0.903. The molecule has 3 N–H and O–H groups in total. The first kappa shape index (κ1) is 22.9. The second-order valence-corrected chi connectivity index (χ2v) is 9.03. The Balaban J connectivity index is 1.44. The number of nitro groups is 1. The Morgan fingerprint density at radius 3 is 2.64 bits per heavy atom. The van der Waals surface area contributed by atoms with E-state index in [2.05, 4.69) is 20.9 Å². The highest BCUT2D eigenvalue weighted by Gasteiger charge is 2.28. The molecular weight excluding hydrogens is 426 g/mol. The van der Waals surface area contributed by atoms with Gasteiger partial charge in [-0.15, -0.1) is 0 Å². The van der Waals surface area contributed by atoms with Gasteiger partial charge in [-0.3, -0.25) is 29.9 Å². The maximum atomic E-state index is 12.8. The number of rotatable bonds is 6. The summed E-state index contributed by atoms with van der Waals surface area (Å²) in [6.45, 7) is 2.03. The van der Waals surface area contributed by atoms with Crippen LogP contribution in [0.3, 0.4) is 0 Å². The first-order valence-electron chi connectivity index (χ1n) is 11.5. The van der Waals surface area contributed by atoms with Crippen LogP contribution in [0.5, 0.6) is 0 Å². The van der Waals surface area contributed by atoms with E-state index >= 15 is 0 Å². The number of likely N-dealkylation sites (tertiary alicyclic amines) is 1. The van der Waals surface area contributed by atoms with Gasteiger partial charge in [0.1, 0.15) is 5.70 Å². The lowest BCUT2D eigenvalue weighted by Gasteiger charge is -2.33. The summed E-state index contributed by atoms with van der Waals surface area (Å²) >= 11 is 0. The standard InChI is InChI=1S/C23H29N5O5/c29-21(24-18-6-2-1-3-7-18)16-5-4-10-27(14-16)13-15-8-9-20(28(32)33)17(11-15)12-19-22(30)26-23(31)25-19/h8-9,11-12,16,18H,1-7,10,13-14H2,(H,24,29)(H2,25,26,30,31). The predicted octanol–water partition coefficient (Wildman–Crippen LogP) is 2.44. The minimum absolute atomic E-state index is 0.0299. The Labute approximate surface area is 191 Å². The minimum atomic E-state index is -0.657. The van der Waals surface area contributed by atoms with E-state index in [-0.39, 0.29) is 28.8 Å². The highest BCUT2D eigenvalue weighted by molar-refractivity contribution is 6.14. The number of benzene rings is 1. The molecule has 1 aromatic rings. The third kappa shape index (κ3) is 5.75. The van der Waals surface area contributed by atoms with Crippen molar-refractivity contribution in [3.8, 4) is 0 Å². The van der Waals surface area contributed by atoms with Gasteiger partial charge in [0, 0.05) is 25.2 Å². The average molecular weight is 456 g/mol. The summed E-state index contributed by atoms with van der Waals surface area (Å²) in [6.07, 6.45) is 8.80. The van der Waals surface area contributed by atoms with Crippen LogP contribution >= 0.6 is 0 Å². The van der Waals surface area contributed by atoms with Crippen molar-refractivity contribution in [2.45, 2.75) is 57.5 Å². The van der Waals surface area contributed by atoms with E-state index in [1.165, 1.54) is 31.4 Å². The second kappa shape index (κ2) is 10.1. The third-order valence-electron chi connectivity index (χ3n) is 6.54. The zero-order chi connectivity index (χ0) is 23.4. The minimum Gasteiger partial charge on any atom is -0.353 e. The van der Waals surface area contributed by atoms with E-state index in [0.717, 1.165) is 37.8 Å². The number of nitro benzene ring substituents is 1. The van der Waals surface area contributed by atoms with Crippen molar-refractivity contribution in [2.75, 3.05) is 13.1 Å². The fraction of sp³-hybridized carbons (Fsp3) is 0.522. The topological polar surface area (TPSA) is 134 Å². The van der Waals surface area contributed by atoms with E-state index in [1.807, 2.05) is 0 Å². The van der Waals surface area contributed by atoms with Crippen LogP contribution < -0.4 is 16.0 Å². The number of amides is 4.